The summed E-state index contributed by atoms with van der Waals surface area (Å²) in [7, 11) is 0. The average Bonchev–Trinajstić information content (AvgIpc) is 2.81. The lowest BCUT2D eigenvalue weighted by Gasteiger charge is -2.03. The Hall–Kier alpha value is -1.29. The number of hydrogen-bond donors (Lipinski definition) is 1. The number of furan rings is 1. The molecule has 0 saturated carbocycles. The Labute approximate surface area is 102 Å². The first-order valence-electron chi connectivity index (χ1n) is 6.21. The van der Waals surface area contributed by atoms with E-state index in [4.69, 9.17) is 9.15 Å². The fraction of sp³-hybridized carbons (Fsp3) is 0.615. The maximum absolute atomic E-state index is 11.0. The number of esters is 1. The van der Waals surface area contributed by atoms with Gasteiger partial charge in [0.05, 0.1) is 19.4 Å². The first-order valence-corrected chi connectivity index (χ1v) is 6.21. The zero-order chi connectivity index (χ0) is 12.3. The molecule has 0 fully saturated rings. The van der Waals surface area contributed by atoms with Crippen LogP contribution in [0.25, 0.3) is 0 Å². The number of hydrogen-bond acceptors (Lipinski definition) is 4. The van der Waals surface area contributed by atoms with Gasteiger partial charge in [-0.1, -0.05) is 6.42 Å². The van der Waals surface area contributed by atoms with Crippen LogP contribution in [0.1, 0.15) is 38.4 Å². The van der Waals surface area contributed by atoms with Gasteiger partial charge >= 0.3 is 5.97 Å². The second-order valence-electron chi connectivity index (χ2n) is 3.87. The van der Waals surface area contributed by atoms with Crippen LogP contribution in [0.5, 0.6) is 0 Å². The first-order chi connectivity index (χ1) is 8.33. The molecule has 0 spiro atoms. The molecule has 0 aliphatic heterocycles. The molecule has 1 N–H and O–H groups in total. The van der Waals surface area contributed by atoms with Crippen molar-refractivity contribution in [2.24, 2.45) is 0 Å². The van der Waals surface area contributed by atoms with Crippen molar-refractivity contribution in [2.45, 2.75) is 39.2 Å². The summed E-state index contributed by atoms with van der Waals surface area (Å²) in [6.45, 7) is 4.02. The van der Waals surface area contributed by atoms with E-state index in [1.165, 1.54) is 0 Å². The summed E-state index contributed by atoms with van der Waals surface area (Å²) >= 11 is 0. The fourth-order valence-electron chi connectivity index (χ4n) is 1.55. The molecule has 96 valence electrons. The van der Waals surface area contributed by atoms with Crippen molar-refractivity contribution in [1.29, 1.82) is 0 Å². The molecule has 1 heterocycles. The summed E-state index contributed by atoms with van der Waals surface area (Å²) in [5, 5.41) is 3.29. The van der Waals surface area contributed by atoms with Gasteiger partial charge in [0.25, 0.3) is 0 Å². The van der Waals surface area contributed by atoms with Crippen molar-refractivity contribution < 1.29 is 13.9 Å². The van der Waals surface area contributed by atoms with E-state index in [0.717, 1.165) is 38.1 Å². The molecule has 0 bridgehead atoms. The lowest BCUT2D eigenvalue weighted by Crippen LogP contribution is -2.14. The van der Waals surface area contributed by atoms with Crippen molar-refractivity contribution in [3.63, 3.8) is 0 Å². The van der Waals surface area contributed by atoms with E-state index < -0.39 is 0 Å². The average molecular weight is 239 g/mol. The van der Waals surface area contributed by atoms with Crippen molar-refractivity contribution in [2.75, 3.05) is 13.2 Å². The molecule has 0 amide bonds. The molecule has 1 rings (SSSR count). The number of carbonyl (C=O) groups is 1. The molecule has 0 unspecified atom stereocenters. The number of unbranched alkanes of at least 4 members (excludes halogenated alkanes) is 2. The van der Waals surface area contributed by atoms with Gasteiger partial charge in [0.15, 0.2) is 0 Å². The van der Waals surface area contributed by atoms with E-state index >= 15 is 0 Å². The van der Waals surface area contributed by atoms with Gasteiger partial charge in [0, 0.05) is 6.42 Å². The molecule has 0 atom stereocenters. The molecule has 17 heavy (non-hydrogen) atoms. The quantitative estimate of drug-likeness (QED) is 0.531. The van der Waals surface area contributed by atoms with Crippen LogP contribution in [0.3, 0.4) is 0 Å². The second-order valence-corrected chi connectivity index (χ2v) is 3.87. The van der Waals surface area contributed by atoms with Gasteiger partial charge in [-0.25, -0.2) is 0 Å². The third-order valence-electron chi connectivity index (χ3n) is 2.42. The third kappa shape index (κ3) is 6.79. The molecule has 1 aromatic heterocycles. The molecule has 0 radical (unpaired) electrons. The van der Waals surface area contributed by atoms with Crippen molar-refractivity contribution in [3.8, 4) is 0 Å². The first kappa shape index (κ1) is 13.8. The van der Waals surface area contributed by atoms with Crippen molar-refractivity contribution in [1.82, 2.24) is 5.32 Å². The van der Waals surface area contributed by atoms with E-state index in [-0.39, 0.29) is 5.97 Å². The number of ether oxygens (including phenoxy) is 1. The molecule has 1 aromatic rings. The van der Waals surface area contributed by atoms with Crippen LogP contribution >= 0.6 is 0 Å². The van der Waals surface area contributed by atoms with Gasteiger partial charge in [-0.3, -0.25) is 4.79 Å². The Morgan fingerprint density at radius 2 is 2.29 bits per heavy atom. The Morgan fingerprint density at radius 1 is 1.41 bits per heavy atom. The highest BCUT2D eigenvalue weighted by atomic mass is 16.5. The predicted octanol–water partition coefficient (Wildman–Crippen LogP) is 2.49. The Bertz CT molecular complexity index is 296. The lowest BCUT2D eigenvalue weighted by molar-refractivity contribution is -0.143. The van der Waals surface area contributed by atoms with Crippen LogP contribution < -0.4 is 5.32 Å². The zero-order valence-electron chi connectivity index (χ0n) is 10.4. The van der Waals surface area contributed by atoms with Crippen LogP contribution in [-0.2, 0) is 16.1 Å². The standard InChI is InChI=1S/C13H21NO3/c1-2-16-13(15)8-4-3-5-9-14-11-12-7-6-10-17-12/h6-7,10,14H,2-5,8-9,11H2,1H3. The molecular formula is C13H21NO3. The monoisotopic (exact) mass is 239 g/mol. The Balaban J connectivity index is 1.86. The minimum Gasteiger partial charge on any atom is -0.468 e. The summed E-state index contributed by atoms with van der Waals surface area (Å²) in [5.41, 5.74) is 0. The molecule has 0 aliphatic carbocycles. The number of rotatable bonds is 9. The summed E-state index contributed by atoms with van der Waals surface area (Å²) < 4.78 is 10.0. The van der Waals surface area contributed by atoms with Crippen LogP contribution in [0.4, 0.5) is 0 Å². The van der Waals surface area contributed by atoms with Crippen LogP contribution in [0.2, 0.25) is 0 Å². The zero-order valence-corrected chi connectivity index (χ0v) is 10.4. The minimum atomic E-state index is -0.0870. The van der Waals surface area contributed by atoms with Crippen molar-refractivity contribution >= 4 is 5.97 Å². The maximum Gasteiger partial charge on any atom is 0.305 e. The highest BCUT2D eigenvalue weighted by Crippen LogP contribution is 2.02. The van der Waals surface area contributed by atoms with Gasteiger partial charge in [-0.05, 0) is 38.4 Å². The molecular weight excluding hydrogens is 218 g/mol. The van der Waals surface area contributed by atoms with E-state index in [9.17, 15) is 4.79 Å². The molecule has 4 heteroatoms. The van der Waals surface area contributed by atoms with Crippen LogP contribution in [0.15, 0.2) is 22.8 Å². The topological polar surface area (TPSA) is 51.5 Å². The summed E-state index contributed by atoms with van der Waals surface area (Å²) in [6.07, 6.45) is 5.23. The third-order valence-corrected chi connectivity index (χ3v) is 2.42. The number of nitrogens with one attached hydrogen (secondary N) is 1. The molecule has 4 nitrogen and oxygen atoms in total. The molecule has 0 aromatic carbocycles. The van der Waals surface area contributed by atoms with Gasteiger partial charge in [0.1, 0.15) is 5.76 Å². The minimum absolute atomic E-state index is 0.0870. The van der Waals surface area contributed by atoms with Gasteiger partial charge < -0.3 is 14.5 Å². The summed E-state index contributed by atoms with van der Waals surface area (Å²) in [5.74, 6) is 0.868. The smallest absolute Gasteiger partial charge is 0.305 e. The van der Waals surface area contributed by atoms with E-state index in [1.807, 2.05) is 19.1 Å². The van der Waals surface area contributed by atoms with Crippen LogP contribution in [-0.4, -0.2) is 19.1 Å². The Kier molecular flexibility index (Phi) is 7.14. The second kappa shape index (κ2) is 8.82. The maximum atomic E-state index is 11.0. The Morgan fingerprint density at radius 3 is 3.00 bits per heavy atom. The van der Waals surface area contributed by atoms with E-state index in [2.05, 4.69) is 5.32 Å². The van der Waals surface area contributed by atoms with Gasteiger partial charge in [-0.15, -0.1) is 0 Å². The summed E-state index contributed by atoms with van der Waals surface area (Å²) in [6, 6.07) is 3.84. The largest absolute Gasteiger partial charge is 0.468 e. The highest BCUT2D eigenvalue weighted by molar-refractivity contribution is 5.69. The van der Waals surface area contributed by atoms with Gasteiger partial charge in [-0.2, -0.15) is 0 Å². The fourth-order valence-corrected chi connectivity index (χ4v) is 1.55. The normalized spacial score (nSPS) is 10.4. The molecule has 0 saturated heterocycles. The molecule has 0 aliphatic rings. The van der Waals surface area contributed by atoms with E-state index in [0.29, 0.717) is 13.0 Å². The van der Waals surface area contributed by atoms with Crippen molar-refractivity contribution in [3.05, 3.63) is 24.2 Å². The number of carbonyl (C=O) groups excluding carboxylic acids is 1. The summed E-state index contributed by atoms with van der Waals surface area (Å²) in [4.78, 5) is 11.0. The van der Waals surface area contributed by atoms with Crippen LogP contribution in [0, 0.1) is 0 Å². The van der Waals surface area contributed by atoms with Gasteiger partial charge in [0.2, 0.25) is 0 Å². The predicted molar refractivity (Wildman–Crippen MR) is 65.5 cm³/mol. The lowest BCUT2D eigenvalue weighted by atomic mass is 10.2. The van der Waals surface area contributed by atoms with E-state index in [1.54, 1.807) is 6.26 Å². The highest BCUT2D eigenvalue weighted by Gasteiger charge is 2.00. The SMILES string of the molecule is CCOC(=O)CCCCCNCc1ccco1.